The highest BCUT2D eigenvalue weighted by atomic mass is 35.5. The van der Waals surface area contributed by atoms with E-state index in [-0.39, 0.29) is 123 Å². The summed E-state index contributed by atoms with van der Waals surface area (Å²) in [6, 6.07) is 28.0. The number of anilines is 2. The van der Waals surface area contributed by atoms with Gasteiger partial charge in [0, 0.05) is 24.7 Å². The number of sulfonamides is 1. The highest BCUT2D eigenvalue weighted by Gasteiger charge is 2.31. The van der Waals surface area contributed by atoms with Gasteiger partial charge in [0.2, 0.25) is 10.0 Å². The fourth-order valence-electron chi connectivity index (χ4n) is 7.75. The van der Waals surface area contributed by atoms with Gasteiger partial charge in [-0.2, -0.15) is 4.31 Å². The van der Waals surface area contributed by atoms with Crippen molar-refractivity contribution in [1.29, 1.82) is 0 Å². The summed E-state index contributed by atoms with van der Waals surface area (Å²) in [6.45, 7) is 7.21. The fourth-order valence-corrected chi connectivity index (χ4v) is 10.4. The standard InChI is InChI=1S/C29H30Cl2N2O10S.C28H27Cl2NO7/c1-4-41-27(34)18-33(29(35)43-21-7-5-20(38-2)6-8-21)19-15-23(30)28(24(31)16-19)42-22-9-10-25(39-3)26(17-22)44(36,37)32-11-13-40-14-12-32;1-5-36-25(32)16-31(28(34)37-6-2)19-13-22(29)27(23(30)14-19)38-20-10-11-24(35-4)21(15-20)26(33)18-9-7-8-17(3)12-18/h5-10,15-17H,4,11-14,18H2,1-3H3;7-15H,5-6,16H2,1-4H3. The molecule has 0 aromatic heterocycles. The van der Waals surface area contributed by atoms with Gasteiger partial charge in [-0.1, -0.05) is 70.2 Å². The van der Waals surface area contributed by atoms with Gasteiger partial charge in [-0.05, 0) is 113 Å². The molecule has 1 heterocycles. The minimum atomic E-state index is -3.94. The second-order valence-electron chi connectivity index (χ2n) is 17.1. The molecule has 6 aromatic rings. The largest absolute Gasteiger partial charge is 0.497 e. The smallest absolute Gasteiger partial charge is 0.420 e. The van der Waals surface area contributed by atoms with Crippen LogP contribution in [0.25, 0.3) is 0 Å². The lowest BCUT2D eigenvalue weighted by atomic mass is 10.0. The number of hydrogen-bond donors (Lipinski definition) is 0. The lowest BCUT2D eigenvalue weighted by molar-refractivity contribution is -0.142. The first-order chi connectivity index (χ1) is 39.2. The summed E-state index contributed by atoms with van der Waals surface area (Å²) >= 11 is 26.1. The number of nitrogens with zero attached hydrogens (tertiary/aromatic N) is 3. The van der Waals surface area contributed by atoms with E-state index in [0.717, 1.165) is 15.4 Å². The summed E-state index contributed by atoms with van der Waals surface area (Å²) in [5.41, 5.74) is 2.07. The molecule has 0 radical (unpaired) electrons. The molecular weight excluding hydrogens is 1170 g/mol. The van der Waals surface area contributed by atoms with Gasteiger partial charge in [-0.15, -0.1) is 0 Å². The summed E-state index contributed by atoms with van der Waals surface area (Å²) < 4.78 is 81.5. The fraction of sp³-hybridized carbons (Fsp3) is 0.281. The van der Waals surface area contributed by atoms with Gasteiger partial charge in [0.05, 0.1) is 91.4 Å². The summed E-state index contributed by atoms with van der Waals surface area (Å²) in [6.07, 6.45) is -1.67. The van der Waals surface area contributed by atoms with Gasteiger partial charge in [-0.3, -0.25) is 24.2 Å². The molecule has 1 fully saturated rings. The molecule has 0 spiro atoms. The number of ether oxygens (including phenoxy) is 10. The van der Waals surface area contributed by atoms with Crippen LogP contribution in [-0.2, 0) is 38.6 Å². The molecular formula is C57H57Cl4N3O17S. The van der Waals surface area contributed by atoms with E-state index in [2.05, 4.69) is 0 Å². The van der Waals surface area contributed by atoms with E-state index in [1.54, 1.807) is 63.2 Å². The van der Waals surface area contributed by atoms with E-state index < -0.39 is 47.2 Å². The third-order valence-corrected chi connectivity index (χ3v) is 14.6. The summed E-state index contributed by atoms with van der Waals surface area (Å²) in [5, 5.41) is 0.0556. The zero-order chi connectivity index (χ0) is 59.7. The van der Waals surface area contributed by atoms with E-state index in [0.29, 0.717) is 22.6 Å². The van der Waals surface area contributed by atoms with Gasteiger partial charge in [-0.25, -0.2) is 18.0 Å². The van der Waals surface area contributed by atoms with Crippen molar-refractivity contribution in [3.63, 3.8) is 0 Å². The Bertz CT molecular complexity index is 3340. The molecule has 1 saturated heterocycles. The quantitative estimate of drug-likeness (QED) is 0.0371. The number of hydrogen-bond acceptors (Lipinski definition) is 17. The average molecular weight is 1230 g/mol. The molecule has 7 rings (SSSR count). The summed E-state index contributed by atoms with van der Waals surface area (Å²) in [4.78, 5) is 65.3. The molecule has 0 unspecified atom stereocenters. The second kappa shape index (κ2) is 30.0. The average Bonchev–Trinajstić information content (AvgIpc) is 3.50. The lowest BCUT2D eigenvalue weighted by Crippen LogP contribution is -2.40. The maximum atomic E-state index is 13.4. The first kappa shape index (κ1) is 63.7. The Labute approximate surface area is 494 Å². The maximum Gasteiger partial charge on any atom is 0.420 e. The van der Waals surface area contributed by atoms with E-state index in [1.807, 2.05) is 13.0 Å². The van der Waals surface area contributed by atoms with Gasteiger partial charge < -0.3 is 47.4 Å². The van der Waals surface area contributed by atoms with Crippen LogP contribution in [0.15, 0.2) is 114 Å². The first-order valence-electron chi connectivity index (χ1n) is 25.0. The summed E-state index contributed by atoms with van der Waals surface area (Å²) in [5.74, 6) is 0.163. The zero-order valence-electron chi connectivity index (χ0n) is 45.5. The van der Waals surface area contributed by atoms with Crippen molar-refractivity contribution >= 4 is 97.7 Å². The van der Waals surface area contributed by atoms with Crippen molar-refractivity contribution in [2.45, 2.75) is 32.6 Å². The molecule has 1 aliphatic rings. The Kier molecular flexibility index (Phi) is 23.3. The van der Waals surface area contributed by atoms with E-state index in [1.165, 1.54) is 86.3 Å². The van der Waals surface area contributed by atoms with Crippen LogP contribution in [0.4, 0.5) is 21.0 Å². The predicted octanol–water partition coefficient (Wildman–Crippen LogP) is 12.3. The molecule has 0 saturated carbocycles. The number of aryl methyl sites for hydroxylation is 1. The lowest BCUT2D eigenvalue weighted by Gasteiger charge is -2.27. The highest BCUT2D eigenvalue weighted by molar-refractivity contribution is 7.89. The molecule has 0 atom stereocenters. The first-order valence-corrected chi connectivity index (χ1v) is 28.0. The number of rotatable bonds is 21. The molecule has 2 amide bonds. The minimum Gasteiger partial charge on any atom is -0.497 e. The highest BCUT2D eigenvalue weighted by Crippen LogP contribution is 2.43. The predicted molar refractivity (Wildman–Crippen MR) is 307 cm³/mol. The molecule has 1 aliphatic heterocycles. The van der Waals surface area contributed by atoms with Crippen molar-refractivity contribution in [3.8, 4) is 46.0 Å². The molecule has 0 N–H and O–H groups in total. The molecule has 82 heavy (non-hydrogen) atoms. The van der Waals surface area contributed by atoms with Gasteiger partial charge in [0.15, 0.2) is 17.3 Å². The number of esters is 2. The Hall–Kier alpha value is -7.50. The van der Waals surface area contributed by atoms with Crippen molar-refractivity contribution in [3.05, 3.63) is 146 Å². The van der Waals surface area contributed by atoms with Crippen LogP contribution in [0.3, 0.4) is 0 Å². The van der Waals surface area contributed by atoms with E-state index >= 15 is 0 Å². The summed E-state index contributed by atoms with van der Waals surface area (Å²) in [7, 11) is 0.400. The number of ketones is 1. The van der Waals surface area contributed by atoms with Gasteiger partial charge >= 0.3 is 24.1 Å². The number of halogens is 4. The van der Waals surface area contributed by atoms with Crippen LogP contribution in [0.5, 0.6) is 46.0 Å². The Morgan fingerprint density at radius 1 is 0.561 bits per heavy atom. The molecule has 0 bridgehead atoms. The zero-order valence-corrected chi connectivity index (χ0v) is 49.3. The van der Waals surface area contributed by atoms with E-state index in [9.17, 15) is 32.4 Å². The Morgan fingerprint density at radius 3 is 1.52 bits per heavy atom. The van der Waals surface area contributed by atoms with Crippen molar-refractivity contribution in [2.24, 2.45) is 0 Å². The molecule has 20 nitrogen and oxygen atoms in total. The van der Waals surface area contributed by atoms with Crippen LogP contribution in [0.2, 0.25) is 20.1 Å². The van der Waals surface area contributed by atoms with Gasteiger partial charge in [0.25, 0.3) is 0 Å². The normalized spacial score (nSPS) is 12.1. The van der Waals surface area contributed by atoms with Crippen LogP contribution in [0.1, 0.15) is 42.3 Å². The molecule has 6 aromatic carbocycles. The van der Waals surface area contributed by atoms with Gasteiger partial charge in [0.1, 0.15) is 52.5 Å². The van der Waals surface area contributed by atoms with Crippen LogP contribution >= 0.6 is 46.4 Å². The number of methoxy groups -OCH3 is 3. The number of carbonyl (C=O) groups is 5. The molecule has 25 heteroatoms. The van der Waals surface area contributed by atoms with Crippen LogP contribution in [-0.4, -0.2) is 123 Å². The SMILES string of the molecule is CCOC(=O)CN(C(=O)OCC)c1cc(Cl)c(Oc2ccc(OC)c(C(=O)c3cccc(C)c3)c2)c(Cl)c1.CCOC(=O)CN(C(=O)Oc1ccc(OC)cc1)c1cc(Cl)c(Oc2ccc(OC)c(S(=O)(=O)N3CCOCC3)c2)c(Cl)c1. The third kappa shape index (κ3) is 16.6. The van der Waals surface area contributed by atoms with Crippen LogP contribution in [0, 0.1) is 6.92 Å². The number of morpholine rings is 1. The topological polar surface area (TPSA) is 222 Å². The number of amides is 2. The van der Waals surface area contributed by atoms with E-state index in [4.69, 9.17) is 93.8 Å². The minimum absolute atomic E-state index is 0.0171. The Morgan fingerprint density at radius 2 is 1.04 bits per heavy atom. The van der Waals surface area contributed by atoms with Crippen molar-refractivity contribution < 1.29 is 79.8 Å². The maximum absolute atomic E-state index is 13.4. The molecule has 436 valence electrons. The van der Waals surface area contributed by atoms with Crippen LogP contribution < -0.4 is 38.2 Å². The molecule has 0 aliphatic carbocycles. The van der Waals surface area contributed by atoms with Crippen molar-refractivity contribution in [2.75, 3.05) is 90.3 Å². The second-order valence-corrected chi connectivity index (χ2v) is 20.6. The Balaban J connectivity index is 0.000000267. The third-order valence-electron chi connectivity index (χ3n) is 11.6. The number of benzene rings is 6. The monoisotopic (exact) mass is 1230 g/mol. The number of carbonyl (C=O) groups excluding carboxylic acids is 5. The van der Waals surface area contributed by atoms with Crippen molar-refractivity contribution in [1.82, 2.24) is 4.31 Å².